The van der Waals surface area contributed by atoms with Crippen LogP contribution in [0.5, 0.6) is 0 Å². The Kier molecular flexibility index (Phi) is 3.65. The molecule has 1 aliphatic rings. The van der Waals surface area contributed by atoms with Gasteiger partial charge in [-0.25, -0.2) is 13.2 Å². The minimum absolute atomic E-state index is 0.566. The van der Waals surface area contributed by atoms with Crippen LogP contribution in [0.1, 0.15) is 39.2 Å². The van der Waals surface area contributed by atoms with E-state index in [0.717, 1.165) is 6.07 Å². The molecule has 2 rings (SSSR count). The first-order valence-electron chi connectivity index (χ1n) is 6.31. The second-order valence-electron chi connectivity index (χ2n) is 5.91. The summed E-state index contributed by atoms with van der Waals surface area (Å²) >= 11 is 0. The molecule has 1 aromatic rings. The largest absolute Gasteiger partial charge is 0.480 e. The zero-order valence-corrected chi connectivity index (χ0v) is 11.8. The van der Waals surface area contributed by atoms with Crippen molar-refractivity contribution in [1.82, 2.24) is 0 Å². The van der Waals surface area contributed by atoms with Crippen molar-refractivity contribution < 1.29 is 22.5 Å². The van der Waals surface area contributed by atoms with Crippen LogP contribution in [-0.4, -0.2) is 18.3 Å². The molecular weight excluding hydrogens is 270 g/mol. The Hall–Kier alpha value is -1.05. The lowest BCUT2D eigenvalue weighted by atomic mass is 9.74. The molecule has 1 aromatic carbocycles. The zero-order chi connectivity index (χ0) is 15.3. The normalized spacial score (nSPS) is 22.1. The molecule has 3 nitrogen and oxygen atoms in total. The molecular formula is C13H17BF3NO2. The Morgan fingerprint density at radius 3 is 1.95 bits per heavy atom. The van der Waals surface area contributed by atoms with Gasteiger partial charge in [0.05, 0.1) is 17.1 Å². The van der Waals surface area contributed by atoms with Gasteiger partial charge in [-0.15, -0.1) is 0 Å². The first-order chi connectivity index (χ1) is 9.07. The quantitative estimate of drug-likeness (QED) is 0.672. The van der Waals surface area contributed by atoms with Crippen LogP contribution >= 0.6 is 0 Å². The highest BCUT2D eigenvalue weighted by Gasteiger charge is 2.54. The van der Waals surface area contributed by atoms with E-state index in [4.69, 9.17) is 15.0 Å². The third kappa shape index (κ3) is 2.34. The fourth-order valence-corrected chi connectivity index (χ4v) is 2.02. The van der Waals surface area contributed by atoms with Crippen molar-refractivity contribution in [3.63, 3.8) is 0 Å². The zero-order valence-electron chi connectivity index (χ0n) is 11.8. The fraction of sp³-hybridized carbons (Fsp3) is 0.538. The molecule has 7 heteroatoms. The number of nitrogens with two attached hydrogens (primary N) is 1. The molecule has 110 valence electrons. The Balaban J connectivity index is 2.35. The summed E-state index contributed by atoms with van der Waals surface area (Å²) in [7, 11) is -1.05. The van der Waals surface area contributed by atoms with Gasteiger partial charge in [-0.3, -0.25) is 0 Å². The summed E-state index contributed by atoms with van der Waals surface area (Å²) in [6.45, 7) is 7.16. The van der Waals surface area contributed by atoms with Gasteiger partial charge >= 0.3 is 7.12 Å². The van der Waals surface area contributed by atoms with Crippen molar-refractivity contribution >= 4 is 7.12 Å². The highest BCUT2D eigenvalue weighted by Crippen LogP contribution is 2.40. The molecule has 0 spiro atoms. The van der Waals surface area contributed by atoms with Crippen LogP contribution in [0, 0.1) is 17.5 Å². The van der Waals surface area contributed by atoms with Crippen molar-refractivity contribution in [2.24, 2.45) is 5.73 Å². The average Bonchev–Trinajstić information content (AvgIpc) is 2.54. The Morgan fingerprint density at radius 1 is 1.00 bits per heavy atom. The molecule has 2 N–H and O–H groups in total. The maximum atomic E-state index is 13.7. The summed E-state index contributed by atoms with van der Waals surface area (Å²) in [4.78, 5) is 0. The predicted octanol–water partition coefficient (Wildman–Crippen LogP) is 2.74. The van der Waals surface area contributed by atoms with Crippen LogP contribution in [0.25, 0.3) is 0 Å². The summed E-state index contributed by atoms with van der Waals surface area (Å²) in [6.07, 6.45) is 0. The maximum Gasteiger partial charge on any atom is 0.480 e. The van der Waals surface area contributed by atoms with E-state index >= 15 is 0 Å². The van der Waals surface area contributed by atoms with E-state index < -0.39 is 47.3 Å². The van der Waals surface area contributed by atoms with Gasteiger partial charge in [0.1, 0.15) is 5.82 Å². The van der Waals surface area contributed by atoms with E-state index in [2.05, 4.69) is 0 Å². The van der Waals surface area contributed by atoms with E-state index in [0.29, 0.717) is 6.07 Å². The van der Waals surface area contributed by atoms with Crippen LogP contribution in [-0.2, 0) is 9.31 Å². The van der Waals surface area contributed by atoms with Gasteiger partial charge in [0.2, 0.25) is 0 Å². The van der Waals surface area contributed by atoms with Crippen molar-refractivity contribution in [2.45, 2.75) is 44.8 Å². The molecule has 20 heavy (non-hydrogen) atoms. The second kappa shape index (κ2) is 4.75. The monoisotopic (exact) mass is 287 g/mol. The van der Waals surface area contributed by atoms with Crippen molar-refractivity contribution in [3.05, 3.63) is 35.1 Å². The highest BCUT2D eigenvalue weighted by molar-refractivity contribution is 6.47. The molecule has 1 unspecified atom stereocenters. The standard InChI is InChI=1S/C13H17BF3NO2/c1-12(2)13(3,4)20-14(19-12)11(18)9-7(15)5-6-8(16)10(9)17/h5-6,11H,18H2,1-4H3. The smallest absolute Gasteiger partial charge is 0.402 e. The molecule has 0 bridgehead atoms. The fourth-order valence-electron chi connectivity index (χ4n) is 2.02. The van der Waals surface area contributed by atoms with Crippen LogP contribution in [0.2, 0.25) is 0 Å². The lowest BCUT2D eigenvalue weighted by Crippen LogP contribution is -2.41. The third-order valence-electron chi connectivity index (χ3n) is 3.98. The minimum Gasteiger partial charge on any atom is -0.402 e. The van der Waals surface area contributed by atoms with E-state index in [-0.39, 0.29) is 0 Å². The van der Waals surface area contributed by atoms with Crippen LogP contribution < -0.4 is 5.73 Å². The van der Waals surface area contributed by atoms with Gasteiger partial charge in [0, 0.05) is 5.56 Å². The molecule has 1 heterocycles. The van der Waals surface area contributed by atoms with Crippen molar-refractivity contribution in [2.75, 3.05) is 0 Å². The third-order valence-corrected chi connectivity index (χ3v) is 3.98. The molecule has 0 saturated carbocycles. The maximum absolute atomic E-state index is 13.7. The van der Waals surface area contributed by atoms with E-state index in [9.17, 15) is 13.2 Å². The number of benzene rings is 1. The van der Waals surface area contributed by atoms with Crippen molar-refractivity contribution in [3.8, 4) is 0 Å². The molecule has 0 aromatic heterocycles. The second-order valence-corrected chi connectivity index (χ2v) is 5.91. The molecule has 1 saturated heterocycles. The van der Waals surface area contributed by atoms with Crippen LogP contribution in [0.3, 0.4) is 0 Å². The molecule has 1 atom stereocenters. The lowest BCUT2D eigenvalue weighted by molar-refractivity contribution is 0.00578. The number of rotatable bonds is 2. The Labute approximate surface area is 116 Å². The first kappa shape index (κ1) is 15.3. The van der Waals surface area contributed by atoms with Crippen molar-refractivity contribution in [1.29, 1.82) is 0 Å². The summed E-state index contributed by atoms with van der Waals surface area (Å²) < 4.78 is 52.0. The molecule has 0 aliphatic carbocycles. The lowest BCUT2D eigenvalue weighted by Gasteiger charge is -2.32. The first-order valence-corrected chi connectivity index (χ1v) is 6.31. The van der Waals surface area contributed by atoms with E-state index in [1.807, 2.05) is 0 Å². The molecule has 0 amide bonds. The van der Waals surface area contributed by atoms with Gasteiger partial charge in [-0.2, -0.15) is 0 Å². The molecule has 0 radical (unpaired) electrons. The average molecular weight is 287 g/mol. The van der Waals surface area contributed by atoms with E-state index in [1.165, 1.54) is 0 Å². The van der Waals surface area contributed by atoms with Crippen LogP contribution in [0.4, 0.5) is 13.2 Å². The number of hydrogen-bond acceptors (Lipinski definition) is 3. The summed E-state index contributed by atoms with van der Waals surface area (Å²) in [6, 6.07) is 1.55. The topological polar surface area (TPSA) is 44.5 Å². The SMILES string of the molecule is CC1(C)OB(C(N)c2c(F)ccc(F)c2F)OC1(C)C. The molecule has 1 fully saturated rings. The van der Waals surface area contributed by atoms with Gasteiger partial charge < -0.3 is 15.0 Å². The van der Waals surface area contributed by atoms with Gasteiger partial charge in [-0.1, -0.05) is 0 Å². The predicted molar refractivity (Wildman–Crippen MR) is 69.3 cm³/mol. The van der Waals surface area contributed by atoms with Crippen LogP contribution in [0.15, 0.2) is 12.1 Å². The minimum atomic E-state index is -1.31. The highest BCUT2D eigenvalue weighted by atomic mass is 19.2. The molecule has 1 aliphatic heterocycles. The van der Waals surface area contributed by atoms with Gasteiger partial charge in [0.15, 0.2) is 11.6 Å². The van der Waals surface area contributed by atoms with Gasteiger partial charge in [-0.05, 0) is 39.8 Å². The van der Waals surface area contributed by atoms with E-state index in [1.54, 1.807) is 27.7 Å². The number of hydrogen-bond donors (Lipinski definition) is 1. The number of halogens is 3. The Morgan fingerprint density at radius 2 is 1.45 bits per heavy atom. The summed E-state index contributed by atoms with van der Waals surface area (Å²) in [5.74, 6) is -4.65. The Bertz CT molecular complexity index is 521. The summed E-state index contributed by atoms with van der Waals surface area (Å²) in [5.41, 5.74) is 3.88. The summed E-state index contributed by atoms with van der Waals surface area (Å²) in [5, 5.41) is 0. The van der Waals surface area contributed by atoms with Gasteiger partial charge in [0.25, 0.3) is 0 Å².